The van der Waals surface area contributed by atoms with Crippen molar-refractivity contribution >= 4 is 17.7 Å². The third-order valence-electron chi connectivity index (χ3n) is 3.94. The van der Waals surface area contributed by atoms with Crippen LogP contribution < -0.4 is 10.6 Å². The molecule has 2 rings (SSSR count). The van der Waals surface area contributed by atoms with Gasteiger partial charge in [0.25, 0.3) is 0 Å². The number of hydrogen-bond donors (Lipinski definition) is 2. The largest absolute Gasteiger partial charge is 0.358 e. The molecular formula is C13H22N4O3. The Kier molecular flexibility index (Phi) is 4.94. The second-order valence-electron chi connectivity index (χ2n) is 5.31. The van der Waals surface area contributed by atoms with Crippen LogP contribution in [0.4, 0.5) is 0 Å². The predicted molar refractivity (Wildman–Crippen MR) is 72.8 cm³/mol. The fourth-order valence-electron chi connectivity index (χ4n) is 2.61. The first-order chi connectivity index (χ1) is 9.60. The number of nitrogens with zero attached hydrogens (tertiary/aromatic N) is 2. The summed E-state index contributed by atoms with van der Waals surface area (Å²) in [4.78, 5) is 38.6. The Labute approximate surface area is 118 Å². The average Bonchev–Trinajstić information content (AvgIpc) is 2.48. The summed E-state index contributed by atoms with van der Waals surface area (Å²) in [6.45, 7) is 3.59. The van der Waals surface area contributed by atoms with Gasteiger partial charge in [0.15, 0.2) is 0 Å². The normalized spacial score (nSPS) is 24.1. The quantitative estimate of drug-likeness (QED) is 0.653. The van der Waals surface area contributed by atoms with Crippen LogP contribution in [0.3, 0.4) is 0 Å². The molecule has 2 N–H and O–H groups in total. The molecule has 1 unspecified atom stereocenters. The van der Waals surface area contributed by atoms with Gasteiger partial charge in [-0.25, -0.2) is 0 Å². The Morgan fingerprint density at radius 2 is 2.00 bits per heavy atom. The van der Waals surface area contributed by atoms with Gasteiger partial charge in [0.05, 0.1) is 12.5 Å². The van der Waals surface area contributed by atoms with Crippen molar-refractivity contribution in [1.29, 1.82) is 0 Å². The molecule has 0 spiro atoms. The van der Waals surface area contributed by atoms with Gasteiger partial charge >= 0.3 is 0 Å². The van der Waals surface area contributed by atoms with Crippen LogP contribution in [0.5, 0.6) is 0 Å². The van der Waals surface area contributed by atoms with E-state index in [9.17, 15) is 14.4 Å². The second-order valence-corrected chi connectivity index (χ2v) is 5.31. The van der Waals surface area contributed by atoms with Crippen LogP contribution in [0.2, 0.25) is 0 Å². The summed E-state index contributed by atoms with van der Waals surface area (Å²) in [6.07, 6.45) is 1.08. The Morgan fingerprint density at radius 1 is 1.30 bits per heavy atom. The third-order valence-corrected chi connectivity index (χ3v) is 3.94. The SMILES string of the molecule is CNC(=O)CN1CCN(C(=O)C2CCC(=O)NC2)CC1. The van der Waals surface area contributed by atoms with E-state index in [2.05, 4.69) is 10.6 Å². The highest BCUT2D eigenvalue weighted by molar-refractivity contribution is 5.84. The first kappa shape index (κ1) is 14.8. The Bertz CT molecular complexity index is 381. The molecule has 0 bridgehead atoms. The lowest BCUT2D eigenvalue weighted by Crippen LogP contribution is -2.53. The van der Waals surface area contributed by atoms with Gasteiger partial charge in [-0.15, -0.1) is 0 Å². The summed E-state index contributed by atoms with van der Waals surface area (Å²) >= 11 is 0. The number of carbonyl (C=O) groups excluding carboxylic acids is 3. The maximum atomic E-state index is 12.3. The molecule has 1 atom stereocenters. The van der Waals surface area contributed by atoms with Crippen molar-refractivity contribution in [3.05, 3.63) is 0 Å². The van der Waals surface area contributed by atoms with Crippen LogP contribution in [0.1, 0.15) is 12.8 Å². The summed E-state index contributed by atoms with van der Waals surface area (Å²) in [5.41, 5.74) is 0. The van der Waals surface area contributed by atoms with Crippen molar-refractivity contribution in [2.45, 2.75) is 12.8 Å². The maximum Gasteiger partial charge on any atom is 0.233 e. The van der Waals surface area contributed by atoms with Crippen LogP contribution in [0.25, 0.3) is 0 Å². The minimum Gasteiger partial charge on any atom is -0.358 e. The molecule has 112 valence electrons. The van der Waals surface area contributed by atoms with E-state index in [0.717, 1.165) is 13.1 Å². The van der Waals surface area contributed by atoms with Crippen molar-refractivity contribution in [2.75, 3.05) is 46.3 Å². The van der Waals surface area contributed by atoms with Gasteiger partial charge in [-0.2, -0.15) is 0 Å². The van der Waals surface area contributed by atoms with Crippen LogP contribution in [-0.4, -0.2) is 73.8 Å². The number of piperazine rings is 1. The molecule has 2 aliphatic heterocycles. The summed E-state index contributed by atoms with van der Waals surface area (Å²) < 4.78 is 0. The topological polar surface area (TPSA) is 81.8 Å². The van der Waals surface area contributed by atoms with Crippen molar-refractivity contribution in [2.24, 2.45) is 5.92 Å². The fraction of sp³-hybridized carbons (Fsp3) is 0.769. The number of nitrogens with one attached hydrogen (secondary N) is 2. The molecule has 0 aromatic heterocycles. The Balaban J connectivity index is 1.77. The summed E-state index contributed by atoms with van der Waals surface area (Å²) in [5, 5.41) is 5.35. The first-order valence-corrected chi connectivity index (χ1v) is 7.08. The third kappa shape index (κ3) is 3.69. The van der Waals surface area contributed by atoms with E-state index in [-0.39, 0.29) is 23.6 Å². The van der Waals surface area contributed by atoms with E-state index in [1.54, 1.807) is 7.05 Å². The predicted octanol–water partition coefficient (Wildman–Crippen LogP) is -1.60. The number of likely N-dealkylation sites (N-methyl/N-ethyl adjacent to an activating group) is 1. The number of piperidine rings is 1. The molecule has 3 amide bonds. The summed E-state index contributed by atoms with van der Waals surface area (Å²) in [7, 11) is 1.62. The van der Waals surface area contributed by atoms with Gasteiger partial charge in [-0.3, -0.25) is 19.3 Å². The van der Waals surface area contributed by atoms with Crippen molar-refractivity contribution in [1.82, 2.24) is 20.4 Å². The van der Waals surface area contributed by atoms with E-state index in [1.807, 2.05) is 9.80 Å². The zero-order chi connectivity index (χ0) is 14.5. The van der Waals surface area contributed by atoms with Crippen LogP contribution in [0, 0.1) is 5.92 Å². The average molecular weight is 282 g/mol. The van der Waals surface area contributed by atoms with E-state index < -0.39 is 0 Å². The van der Waals surface area contributed by atoms with E-state index in [0.29, 0.717) is 39.0 Å². The van der Waals surface area contributed by atoms with Gasteiger partial charge in [0.1, 0.15) is 0 Å². The highest BCUT2D eigenvalue weighted by atomic mass is 16.2. The molecule has 2 aliphatic rings. The minimum atomic E-state index is -0.0850. The molecule has 2 fully saturated rings. The molecule has 0 aromatic carbocycles. The van der Waals surface area contributed by atoms with Gasteiger partial charge in [-0.05, 0) is 6.42 Å². The molecule has 0 aromatic rings. The standard InChI is InChI=1S/C13H22N4O3/c1-14-12(19)9-16-4-6-17(7-5-16)13(20)10-2-3-11(18)15-8-10/h10H,2-9H2,1H3,(H,14,19)(H,15,18). The summed E-state index contributed by atoms with van der Waals surface area (Å²) in [5.74, 6) is 0.0759. The molecule has 7 heteroatoms. The monoisotopic (exact) mass is 282 g/mol. The van der Waals surface area contributed by atoms with Crippen molar-refractivity contribution in [3.63, 3.8) is 0 Å². The van der Waals surface area contributed by atoms with Gasteiger partial charge in [-0.1, -0.05) is 0 Å². The fourth-order valence-corrected chi connectivity index (χ4v) is 2.61. The maximum absolute atomic E-state index is 12.3. The van der Waals surface area contributed by atoms with Crippen molar-refractivity contribution < 1.29 is 14.4 Å². The lowest BCUT2D eigenvalue weighted by molar-refractivity contribution is -0.139. The lowest BCUT2D eigenvalue weighted by atomic mass is 9.97. The van der Waals surface area contributed by atoms with E-state index in [1.165, 1.54) is 0 Å². The highest BCUT2D eigenvalue weighted by Crippen LogP contribution is 2.15. The van der Waals surface area contributed by atoms with Gasteiger partial charge < -0.3 is 15.5 Å². The highest BCUT2D eigenvalue weighted by Gasteiger charge is 2.30. The van der Waals surface area contributed by atoms with Crippen LogP contribution in [-0.2, 0) is 14.4 Å². The van der Waals surface area contributed by atoms with E-state index >= 15 is 0 Å². The summed E-state index contributed by atoms with van der Waals surface area (Å²) in [6, 6.07) is 0. The zero-order valence-electron chi connectivity index (χ0n) is 11.9. The Hall–Kier alpha value is -1.63. The molecule has 0 radical (unpaired) electrons. The van der Waals surface area contributed by atoms with E-state index in [4.69, 9.17) is 0 Å². The van der Waals surface area contributed by atoms with Gasteiger partial charge in [0, 0.05) is 46.2 Å². The number of rotatable bonds is 3. The van der Waals surface area contributed by atoms with Gasteiger partial charge in [0.2, 0.25) is 17.7 Å². The number of carbonyl (C=O) groups is 3. The zero-order valence-corrected chi connectivity index (χ0v) is 11.9. The second kappa shape index (κ2) is 6.69. The molecule has 2 saturated heterocycles. The molecule has 0 aliphatic carbocycles. The number of amides is 3. The van der Waals surface area contributed by atoms with Crippen LogP contribution >= 0.6 is 0 Å². The smallest absolute Gasteiger partial charge is 0.233 e. The molecule has 7 nitrogen and oxygen atoms in total. The van der Waals surface area contributed by atoms with Crippen LogP contribution in [0.15, 0.2) is 0 Å². The molecular weight excluding hydrogens is 260 g/mol. The Morgan fingerprint density at radius 3 is 2.55 bits per heavy atom. The molecule has 20 heavy (non-hydrogen) atoms. The molecule has 2 heterocycles. The van der Waals surface area contributed by atoms with Crippen molar-refractivity contribution in [3.8, 4) is 0 Å². The number of hydrogen-bond acceptors (Lipinski definition) is 4. The lowest BCUT2D eigenvalue weighted by Gasteiger charge is -2.36. The molecule has 0 saturated carbocycles. The minimum absolute atomic E-state index is 0.000213. The first-order valence-electron chi connectivity index (χ1n) is 7.08.